The van der Waals surface area contributed by atoms with Gasteiger partial charge in [0.1, 0.15) is 11.9 Å². The lowest BCUT2D eigenvalue weighted by Gasteiger charge is -2.33. The lowest BCUT2D eigenvalue weighted by atomic mass is 10.2. The Labute approximate surface area is 117 Å². The van der Waals surface area contributed by atoms with E-state index in [-0.39, 0.29) is 17.4 Å². The highest BCUT2D eigenvalue weighted by Crippen LogP contribution is 2.44. The summed E-state index contributed by atoms with van der Waals surface area (Å²) in [6.45, 7) is 3.22. The fourth-order valence-corrected chi connectivity index (χ4v) is 3.12. The average molecular weight is 308 g/mol. The van der Waals surface area contributed by atoms with Crippen LogP contribution in [0.1, 0.15) is 13.8 Å². The first-order valence-electron chi connectivity index (χ1n) is 5.82. The molecule has 0 saturated heterocycles. The molecule has 1 heterocycles. The van der Waals surface area contributed by atoms with Crippen molar-refractivity contribution in [3.8, 4) is 0 Å². The Balaban J connectivity index is 2.56. The molecule has 3 nitrogen and oxygen atoms in total. The number of benzene rings is 1. The Bertz CT molecular complexity index is 529. The topological polar surface area (TPSA) is 32.3 Å². The molecular formula is C12H12F4N2OS+. The highest BCUT2D eigenvalue weighted by molar-refractivity contribution is 8.14. The SMILES string of the molecule is CC(C)[N+]1(c2ccc(F)cc2)N=C(C(F)(F)F)SC1[O]. The van der Waals surface area contributed by atoms with E-state index in [1.54, 1.807) is 13.8 Å². The van der Waals surface area contributed by atoms with Gasteiger partial charge in [0.05, 0.1) is 0 Å². The minimum absolute atomic E-state index is 0.155. The van der Waals surface area contributed by atoms with Crippen molar-refractivity contribution in [1.82, 2.24) is 4.59 Å². The Morgan fingerprint density at radius 3 is 2.20 bits per heavy atom. The molecule has 0 aromatic heterocycles. The summed E-state index contributed by atoms with van der Waals surface area (Å²) in [5.74, 6) is -0.523. The smallest absolute Gasteiger partial charge is 0.207 e. The van der Waals surface area contributed by atoms with Crippen molar-refractivity contribution in [2.75, 3.05) is 0 Å². The Kier molecular flexibility index (Phi) is 3.83. The molecule has 1 radical (unpaired) electrons. The number of quaternary nitrogens is 1. The van der Waals surface area contributed by atoms with Gasteiger partial charge >= 0.3 is 11.7 Å². The fraction of sp³-hybridized carbons (Fsp3) is 0.417. The van der Waals surface area contributed by atoms with Crippen LogP contribution in [0.2, 0.25) is 0 Å². The van der Waals surface area contributed by atoms with Gasteiger partial charge in [0, 0.05) is 23.9 Å². The van der Waals surface area contributed by atoms with E-state index in [2.05, 4.69) is 5.10 Å². The van der Waals surface area contributed by atoms with Gasteiger partial charge in [-0.1, -0.05) is 5.10 Å². The number of thioether (sulfide) groups is 1. The maximum absolute atomic E-state index is 13.0. The Morgan fingerprint density at radius 1 is 1.25 bits per heavy atom. The Hall–Kier alpha value is -1.12. The molecule has 0 bridgehead atoms. The summed E-state index contributed by atoms with van der Waals surface area (Å²) in [7, 11) is 0. The molecule has 2 unspecified atom stereocenters. The zero-order valence-corrected chi connectivity index (χ0v) is 11.5. The number of hydrogen-bond donors (Lipinski definition) is 0. The molecule has 0 saturated carbocycles. The molecule has 0 amide bonds. The van der Waals surface area contributed by atoms with Crippen LogP contribution in [0.3, 0.4) is 0 Å². The van der Waals surface area contributed by atoms with Gasteiger partial charge in [-0.25, -0.2) is 4.39 Å². The summed E-state index contributed by atoms with van der Waals surface area (Å²) in [6.07, 6.45) is -4.65. The second-order valence-corrected chi connectivity index (χ2v) is 5.66. The number of nitrogens with zero attached hydrogens (tertiary/aromatic N) is 2. The van der Waals surface area contributed by atoms with Crippen LogP contribution in [0.4, 0.5) is 23.2 Å². The molecule has 109 valence electrons. The average Bonchev–Trinajstić information content (AvgIpc) is 2.69. The van der Waals surface area contributed by atoms with E-state index in [1.807, 2.05) is 0 Å². The van der Waals surface area contributed by atoms with Crippen molar-refractivity contribution >= 4 is 22.5 Å². The van der Waals surface area contributed by atoms with Gasteiger partial charge in [0.15, 0.2) is 5.69 Å². The zero-order chi connectivity index (χ0) is 15.1. The maximum atomic E-state index is 13.0. The molecule has 0 aliphatic carbocycles. The molecule has 0 N–H and O–H groups in total. The zero-order valence-electron chi connectivity index (χ0n) is 10.7. The van der Waals surface area contributed by atoms with Crippen LogP contribution in [0, 0.1) is 5.82 Å². The summed E-state index contributed by atoms with van der Waals surface area (Å²) in [4.78, 5) is 0. The maximum Gasteiger partial charge on any atom is 0.445 e. The van der Waals surface area contributed by atoms with Gasteiger partial charge in [0.2, 0.25) is 5.04 Å². The van der Waals surface area contributed by atoms with E-state index >= 15 is 0 Å². The van der Waals surface area contributed by atoms with Crippen molar-refractivity contribution in [3.63, 3.8) is 0 Å². The summed E-state index contributed by atoms with van der Waals surface area (Å²) >= 11 is 0.155. The molecule has 1 aromatic carbocycles. The lowest BCUT2D eigenvalue weighted by molar-refractivity contribution is -0.0568. The first-order chi connectivity index (χ1) is 9.18. The number of halogens is 4. The normalized spacial score (nSPS) is 27.0. The predicted octanol–water partition coefficient (Wildman–Crippen LogP) is 3.88. The van der Waals surface area contributed by atoms with Gasteiger partial charge in [-0.3, -0.25) is 0 Å². The first-order valence-corrected chi connectivity index (χ1v) is 6.70. The second kappa shape index (κ2) is 5.01. The summed E-state index contributed by atoms with van der Waals surface area (Å²) in [5.41, 5.74) is -1.43. The van der Waals surface area contributed by atoms with Crippen LogP contribution in [0.25, 0.3) is 0 Å². The molecule has 20 heavy (non-hydrogen) atoms. The molecule has 0 spiro atoms. The third kappa shape index (κ3) is 2.43. The van der Waals surface area contributed by atoms with E-state index in [0.717, 1.165) is 12.1 Å². The van der Waals surface area contributed by atoms with Crippen molar-refractivity contribution < 1.29 is 22.7 Å². The van der Waals surface area contributed by atoms with E-state index in [1.165, 1.54) is 12.1 Å². The van der Waals surface area contributed by atoms with Gasteiger partial charge in [0.25, 0.3) is 0 Å². The third-order valence-corrected chi connectivity index (χ3v) is 4.12. The number of hydrogen-bond acceptors (Lipinski definition) is 2. The number of alkyl halides is 3. The molecule has 1 aliphatic rings. The minimum atomic E-state index is -4.65. The third-order valence-electron chi connectivity index (χ3n) is 3.06. The molecule has 0 fully saturated rings. The monoisotopic (exact) mass is 308 g/mol. The van der Waals surface area contributed by atoms with E-state index < -0.39 is 33.2 Å². The quantitative estimate of drug-likeness (QED) is 0.603. The van der Waals surface area contributed by atoms with E-state index in [4.69, 9.17) is 0 Å². The van der Waals surface area contributed by atoms with Crippen molar-refractivity contribution in [2.45, 2.75) is 31.6 Å². The van der Waals surface area contributed by atoms with Gasteiger partial charge < -0.3 is 0 Å². The summed E-state index contributed by atoms with van der Waals surface area (Å²) < 4.78 is 50.5. The second-order valence-electron chi connectivity index (χ2n) is 4.64. The van der Waals surface area contributed by atoms with E-state index in [9.17, 15) is 22.7 Å². The highest BCUT2D eigenvalue weighted by Gasteiger charge is 2.56. The van der Waals surface area contributed by atoms with Crippen molar-refractivity contribution in [1.29, 1.82) is 0 Å². The first kappa shape index (κ1) is 15.3. The molecular weight excluding hydrogens is 296 g/mol. The van der Waals surface area contributed by atoms with Crippen molar-refractivity contribution in [3.05, 3.63) is 30.1 Å². The van der Waals surface area contributed by atoms with Gasteiger partial charge in [-0.15, -0.1) is 4.59 Å². The molecule has 1 aromatic rings. The van der Waals surface area contributed by atoms with Crippen LogP contribution >= 0.6 is 11.8 Å². The largest absolute Gasteiger partial charge is 0.445 e. The van der Waals surface area contributed by atoms with Crippen molar-refractivity contribution in [2.24, 2.45) is 5.10 Å². The van der Waals surface area contributed by atoms with Crippen LogP contribution in [0.5, 0.6) is 0 Å². The van der Waals surface area contributed by atoms with Gasteiger partial charge in [-0.05, 0) is 26.0 Å². The molecule has 2 rings (SSSR count). The lowest BCUT2D eigenvalue weighted by Crippen LogP contribution is -2.53. The fourth-order valence-electron chi connectivity index (χ4n) is 2.04. The predicted molar refractivity (Wildman–Crippen MR) is 68.9 cm³/mol. The summed E-state index contributed by atoms with van der Waals surface area (Å²) in [5, 5.41) is 14.7. The summed E-state index contributed by atoms with van der Waals surface area (Å²) in [6, 6.07) is 4.30. The van der Waals surface area contributed by atoms with Crippen LogP contribution in [0.15, 0.2) is 29.4 Å². The van der Waals surface area contributed by atoms with E-state index in [0.29, 0.717) is 0 Å². The van der Waals surface area contributed by atoms with Crippen LogP contribution < -0.4 is 4.59 Å². The molecule has 1 aliphatic heterocycles. The van der Waals surface area contributed by atoms with Crippen LogP contribution in [-0.4, -0.2) is 22.8 Å². The molecule has 8 heteroatoms. The van der Waals surface area contributed by atoms with Gasteiger partial charge in [-0.2, -0.15) is 18.3 Å². The minimum Gasteiger partial charge on any atom is -0.207 e. The highest BCUT2D eigenvalue weighted by atomic mass is 32.2. The Morgan fingerprint density at radius 2 is 1.80 bits per heavy atom. The standard InChI is InChI=1S/C12H12F4N2OS/c1-7(2)18(9-5-3-8(13)4-6-9)11(19)20-10(17-18)12(14,15)16/h3-7,11H,1-2H3/q+1. The molecule has 2 atom stereocenters. The van der Waals surface area contributed by atoms with Crippen LogP contribution in [-0.2, 0) is 5.11 Å². The number of rotatable bonds is 2.